The SMILES string of the molecule is CCOC(=O)C(C/C=C\C(=O)c1ccccc1)(CC1CCCCO1)C(=O)OCC. The Balaban J connectivity index is 2.26. The van der Waals surface area contributed by atoms with Gasteiger partial charge in [-0.1, -0.05) is 36.4 Å². The minimum absolute atomic E-state index is 0.0170. The molecule has 0 bridgehead atoms. The second-order valence-electron chi connectivity index (χ2n) is 7.05. The Hall–Kier alpha value is -2.47. The highest BCUT2D eigenvalue weighted by Gasteiger charge is 2.49. The molecule has 1 aromatic rings. The fraction of sp³-hybridized carbons (Fsp3) is 0.522. The smallest absolute Gasteiger partial charge is 0.323 e. The lowest BCUT2D eigenvalue weighted by molar-refractivity contribution is -0.175. The Morgan fingerprint density at radius 1 is 1.07 bits per heavy atom. The van der Waals surface area contributed by atoms with Gasteiger partial charge in [-0.3, -0.25) is 14.4 Å². The number of rotatable bonds is 10. The maximum Gasteiger partial charge on any atom is 0.323 e. The molecule has 1 aromatic carbocycles. The third-order valence-electron chi connectivity index (χ3n) is 4.98. The van der Waals surface area contributed by atoms with E-state index >= 15 is 0 Å². The molecule has 1 heterocycles. The van der Waals surface area contributed by atoms with E-state index in [1.54, 1.807) is 44.2 Å². The number of carbonyl (C=O) groups is 3. The van der Waals surface area contributed by atoms with E-state index in [9.17, 15) is 14.4 Å². The van der Waals surface area contributed by atoms with E-state index in [1.165, 1.54) is 6.08 Å². The summed E-state index contributed by atoms with van der Waals surface area (Å²) in [5.41, 5.74) is -0.987. The van der Waals surface area contributed by atoms with Crippen molar-refractivity contribution in [3.8, 4) is 0 Å². The maximum absolute atomic E-state index is 12.9. The summed E-state index contributed by atoms with van der Waals surface area (Å²) in [5, 5.41) is 0. The number of hydrogen-bond donors (Lipinski definition) is 0. The molecule has 1 atom stereocenters. The van der Waals surface area contributed by atoms with Crippen molar-refractivity contribution < 1.29 is 28.6 Å². The first-order valence-corrected chi connectivity index (χ1v) is 10.3. The van der Waals surface area contributed by atoms with Crippen LogP contribution in [0.15, 0.2) is 42.5 Å². The van der Waals surface area contributed by atoms with Gasteiger partial charge in [-0.25, -0.2) is 0 Å². The van der Waals surface area contributed by atoms with Crippen LogP contribution in [-0.2, 0) is 23.8 Å². The number of esters is 2. The standard InChI is InChI=1S/C23H30O6/c1-3-27-21(25)23(22(26)28-4-2,17-19-13-8-9-16-29-19)15-10-14-20(24)18-11-6-5-7-12-18/h5-7,10-12,14,19H,3-4,8-9,13,15-17H2,1-2H3/b14-10-. The Bertz CT molecular complexity index is 685. The Labute approximate surface area is 172 Å². The van der Waals surface area contributed by atoms with Gasteiger partial charge in [0.2, 0.25) is 0 Å². The summed E-state index contributed by atoms with van der Waals surface area (Å²) in [6.45, 7) is 4.30. The number of carbonyl (C=O) groups excluding carboxylic acids is 3. The lowest BCUT2D eigenvalue weighted by Gasteiger charge is -2.33. The zero-order valence-corrected chi connectivity index (χ0v) is 17.2. The molecule has 6 nitrogen and oxygen atoms in total. The van der Waals surface area contributed by atoms with Crippen LogP contribution < -0.4 is 0 Å². The summed E-state index contributed by atoms with van der Waals surface area (Å²) in [6, 6.07) is 8.82. The van der Waals surface area contributed by atoms with Gasteiger partial charge in [0.25, 0.3) is 0 Å². The summed E-state index contributed by atoms with van der Waals surface area (Å²) in [5.74, 6) is -1.46. The van der Waals surface area contributed by atoms with Crippen LogP contribution in [-0.4, -0.2) is 43.6 Å². The Morgan fingerprint density at radius 2 is 1.72 bits per heavy atom. The summed E-state index contributed by atoms with van der Waals surface area (Å²) in [4.78, 5) is 38.2. The summed E-state index contributed by atoms with van der Waals surface area (Å²) >= 11 is 0. The van der Waals surface area contributed by atoms with Crippen LogP contribution in [0.5, 0.6) is 0 Å². The van der Waals surface area contributed by atoms with Crippen molar-refractivity contribution >= 4 is 17.7 Å². The van der Waals surface area contributed by atoms with Crippen LogP contribution in [0.25, 0.3) is 0 Å². The molecule has 0 radical (unpaired) electrons. The largest absolute Gasteiger partial charge is 0.465 e. The first-order valence-electron chi connectivity index (χ1n) is 10.3. The number of hydrogen-bond acceptors (Lipinski definition) is 6. The van der Waals surface area contributed by atoms with E-state index in [0.717, 1.165) is 19.3 Å². The topological polar surface area (TPSA) is 78.9 Å². The van der Waals surface area contributed by atoms with Crippen molar-refractivity contribution in [2.45, 2.75) is 52.1 Å². The fourth-order valence-corrected chi connectivity index (χ4v) is 3.46. The molecule has 0 N–H and O–H groups in total. The number of benzene rings is 1. The number of allylic oxidation sites excluding steroid dienone is 2. The predicted octanol–water partition coefficient (Wildman–Crippen LogP) is 3.89. The molecule has 1 fully saturated rings. The Kier molecular flexibility index (Phi) is 9.06. The van der Waals surface area contributed by atoms with Crippen molar-refractivity contribution in [3.63, 3.8) is 0 Å². The lowest BCUT2D eigenvalue weighted by Crippen LogP contribution is -2.45. The van der Waals surface area contributed by atoms with Crippen molar-refractivity contribution in [3.05, 3.63) is 48.0 Å². The summed E-state index contributed by atoms with van der Waals surface area (Å²) in [6.07, 6.45) is 5.64. The van der Waals surface area contributed by atoms with Gasteiger partial charge in [-0.05, 0) is 45.6 Å². The molecular weight excluding hydrogens is 372 g/mol. The molecule has 0 aromatic heterocycles. The maximum atomic E-state index is 12.9. The monoisotopic (exact) mass is 402 g/mol. The third kappa shape index (κ3) is 6.26. The fourth-order valence-electron chi connectivity index (χ4n) is 3.46. The van der Waals surface area contributed by atoms with E-state index in [2.05, 4.69) is 0 Å². The highest BCUT2D eigenvalue weighted by molar-refractivity contribution is 6.05. The summed E-state index contributed by atoms with van der Waals surface area (Å²) in [7, 11) is 0. The van der Waals surface area contributed by atoms with Gasteiger partial charge in [-0.15, -0.1) is 0 Å². The van der Waals surface area contributed by atoms with Gasteiger partial charge in [0.05, 0.1) is 19.3 Å². The van der Waals surface area contributed by atoms with Gasteiger partial charge < -0.3 is 14.2 Å². The number of ether oxygens (including phenoxy) is 3. The van der Waals surface area contributed by atoms with Crippen LogP contribution >= 0.6 is 0 Å². The average Bonchev–Trinajstić information content (AvgIpc) is 2.74. The minimum atomic E-state index is -1.53. The van der Waals surface area contributed by atoms with Gasteiger partial charge in [-0.2, -0.15) is 0 Å². The second kappa shape index (κ2) is 11.5. The van der Waals surface area contributed by atoms with E-state index in [0.29, 0.717) is 12.2 Å². The molecule has 1 aliphatic rings. The van der Waals surface area contributed by atoms with Crippen molar-refractivity contribution in [1.82, 2.24) is 0 Å². The molecule has 0 saturated carbocycles. The molecule has 0 aliphatic carbocycles. The van der Waals surface area contributed by atoms with E-state index in [-0.39, 0.29) is 37.9 Å². The van der Waals surface area contributed by atoms with Crippen LogP contribution in [0.2, 0.25) is 0 Å². The van der Waals surface area contributed by atoms with Gasteiger partial charge in [0.15, 0.2) is 11.2 Å². The van der Waals surface area contributed by atoms with Crippen LogP contribution in [0.4, 0.5) is 0 Å². The first-order chi connectivity index (χ1) is 14.0. The predicted molar refractivity (Wildman–Crippen MR) is 108 cm³/mol. The average molecular weight is 402 g/mol. The van der Waals surface area contributed by atoms with Crippen molar-refractivity contribution in [2.24, 2.45) is 5.41 Å². The lowest BCUT2D eigenvalue weighted by atomic mass is 9.77. The minimum Gasteiger partial charge on any atom is -0.465 e. The van der Waals surface area contributed by atoms with Crippen LogP contribution in [0.3, 0.4) is 0 Å². The normalized spacial score (nSPS) is 17.1. The molecule has 2 rings (SSSR count). The molecule has 1 aliphatic heterocycles. The highest BCUT2D eigenvalue weighted by atomic mass is 16.6. The van der Waals surface area contributed by atoms with Gasteiger partial charge >= 0.3 is 11.9 Å². The zero-order valence-electron chi connectivity index (χ0n) is 17.2. The van der Waals surface area contributed by atoms with Crippen LogP contribution in [0, 0.1) is 5.41 Å². The van der Waals surface area contributed by atoms with Crippen molar-refractivity contribution in [1.29, 1.82) is 0 Å². The zero-order chi connectivity index (χ0) is 21.1. The molecule has 1 unspecified atom stereocenters. The van der Waals surface area contributed by atoms with Crippen molar-refractivity contribution in [2.75, 3.05) is 19.8 Å². The Morgan fingerprint density at radius 3 is 2.28 bits per heavy atom. The second-order valence-corrected chi connectivity index (χ2v) is 7.05. The molecule has 1 saturated heterocycles. The highest BCUT2D eigenvalue weighted by Crippen LogP contribution is 2.36. The molecule has 29 heavy (non-hydrogen) atoms. The van der Waals surface area contributed by atoms with E-state index in [1.807, 2.05) is 6.07 Å². The van der Waals surface area contributed by atoms with E-state index < -0.39 is 17.4 Å². The van der Waals surface area contributed by atoms with E-state index in [4.69, 9.17) is 14.2 Å². The molecular formula is C23H30O6. The quantitative estimate of drug-likeness (QED) is 0.256. The first kappa shape index (κ1) is 22.8. The molecule has 6 heteroatoms. The van der Waals surface area contributed by atoms with Gasteiger partial charge in [0.1, 0.15) is 0 Å². The van der Waals surface area contributed by atoms with Gasteiger partial charge in [0, 0.05) is 18.6 Å². The molecule has 0 spiro atoms. The third-order valence-corrected chi connectivity index (χ3v) is 4.98. The molecule has 0 amide bonds. The number of ketones is 1. The summed E-state index contributed by atoms with van der Waals surface area (Å²) < 4.78 is 16.3. The molecule has 158 valence electrons. The van der Waals surface area contributed by atoms with Crippen LogP contribution in [0.1, 0.15) is 56.3 Å².